The Labute approximate surface area is 113 Å². The zero-order chi connectivity index (χ0) is 13.8. The van der Waals surface area contributed by atoms with Crippen molar-refractivity contribution in [1.29, 1.82) is 0 Å². The molecule has 0 unspecified atom stereocenters. The number of nitrogens with one attached hydrogen (secondary N) is 1. The maximum Gasteiger partial charge on any atom is 0.339 e. The topological polar surface area (TPSA) is 43.3 Å². The molecule has 1 aromatic carbocycles. The molecule has 0 atom stereocenters. The molecule has 4 heteroatoms. The van der Waals surface area contributed by atoms with Gasteiger partial charge in [0.25, 0.3) is 0 Å². The molecule has 0 saturated heterocycles. The number of benzene rings is 1. The summed E-state index contributed by atoms with van der Waals surface area (Å²) in [5, 5.41) is 3.27. The lowest BCUT2D eigenvalue weighted by atomic mass is 10.1. The summed E-state index contributed by atoms with van der Waals surface area (Å²) in [6.07, 6.45) is 4.03. The maximum absolute atomic E-state index is 11.7. The van der Waals surface area contributed by atoms with Gasteiger partial charge >= 0.3 is 5.97 Å². The molecule has 0 aliphatic rings. The van der Waals surface area contributed by atoms with Gasteiger partial charge in [0.1, 0.15) is 0 Å². The van der Waals surface area contributed by atoms with Crippen LogP contribution in [0.4, 0.5) is 5.69 Å². The van der Waals surface area contributed by atoms with Crippen LogP contribution >= 0.6 is 0 Å². The Kier molecular flexibility index (Phi) is 3.90. The third-order valence-electron chi connectivity index (χ3n) is 2.96. The van der Waals surface area contributed by atoms with Gasteiger partial charge in [-0.3, -0.25) is 0 Å². The Balaban J connectivity index is 2.17. The standard InChI is InChI=1S/C15H18N2O2/c1-11-4-5-14(13(8-11)15(18)19-3)16-9-12-6-7-17(2)10-12/h4-8,10,16H,9H2,1-3H3. The highest BCUT2D eigenvalue weighted by Gasteiger charge is 2.11. The summed E-state index contributed by atoms with van der Waals surface area (Å²) in [5.74, 6) is -0.320. The molecule has 0 aliphatic carbocycles. The van der Waals surface area contributed by atoms with Crippen LogP contribution in [0.2, 0.25) is 0 Å². The van der Waals surface area contributed by atoms with Crippen molar-refractivity contribution >= 4 is 11.7 Å². The van der Waals surface area contributed by atoms with E-state index in [1.165, 1.54) is 12.7 Å². The highest BCUT2D eigenvalue weighted by molar-refractivity contribution is 5.95. The van der Waals surface area contributed by atoms with Crippen LogP contribution in [-0.4, -0.2) is 17.6 Å². The minimum atomic E-state index is -0.320. The molecule has 0 aliphatic heterocycles. The van der Waals surface area contributed by atoms with E-state index in [9.17, 15) is 4.79 Å². The molecule has 4 nitrogen and oxygen atoms in total. The van der Waals surface area contributed by atoms with Crippen molar-refractivity contribution in [2.24, 2.45) is 7.05 Å². The summed E-state index contributed by atoms with van der Waals surface area (Å²) in [5.41, 5.74) is 3.56. The number of rotatable bonds is 4. The lowest BCUT2D eigenvalue weighted by molar-refractivity contribution is 0.0601. The summed E-state index contributed by atoms with van der Waals surface area (Å²) in [7, 11) is 3.38. The van der Waals surface area contributed by atoms with E-state index in [0.29, 0.717) is 12.1 Å². The zero-order valence-electron chi connectivity index (χ0n) is 11.4. The number of esters is 1. The summed E-state index contributed by atoms with van der Waals surface area (Å²) in [4.78, 5) is 11.7. The van der Waals surface area contributed by atoms with E-state index in [4.69, 9.17) is 4.74 Å². The van der Waals surface area contributed by atoms with Gasteiger partial charge in [0.2, 0.25) is 0 Å². The van der Waals surface area contributed by atoms with E-state index in [1.54, 1.807) is 0 Å². The van der Waals surface area contributed by atoms with E-state index < -0.39 is 0 Å². The molecule has 19 heavy (non-hydrogen) atoms. The minimum absolute atomic E-state index is 0.320. The summed E-state index contributed by atoms with van der Waals surface area (Å²) in [6, 6.07) is 7.75. The SMILES string of the molecule is COC(=O)c1cc(C)ccc1NCc1ccn(C)c1. The quantitative estimate of drug-likeness (QED) is 0.857. The van der Waals surface area contributed by atoms with Crippen LogP contribution in [0, 0.1) is 6.92 Å². The number of hydrogen-bond donors (Lipinski definition) is 1. The Morgan fingerprint density at radius 1 is 1.37 bits per heavy atom. The number of aromatic nitrogens is 1. The highest BCUT2D eigenvalue weighted by Crippen LogP contribution is 2.19. The van der Waals surface area contributed by atoms with Crippen LogP contribution in [0.15, 0.2) is 36.7 Å². The predicted octanol–water partition coefficient (Wildman–Crippen LogP) is 2.73. The first-order valence-electron chi connectivity index (χ1n) is 6.14. The van der Waals surface area contributed by atoms with Gasteiger partial charge in [0.05, 0.1) is 12.7 Å². The average Bonchev–Trinajstić information content (AvgIpc) is 2.82. The first-order chi connectivity index (χ1) is 9.10. The minimum Gasteiger partial charge on any atom is -0.465 e. The van der Waals surface area contributed by atoms with Gasteiger partial charge in [0, 0.05) is 31.7 Å². The smallest absolute Gasteiger partial charge is 0.339 e. The molecule has 0 fully saturated rings. The number of anilines is 1. The van der Waals surface area contributed by atoms with Gasteiger partial charge in [-0.2, -0.15) is 0 Å². The van der Waals surface area contributed by atoms with E-state index in [-0.39, 0.29) is 5.97 Å². The van der Waals surface area contributed by atoms with Crippen LogP contribution in [-0.2, 0) is 18.3 Å². The third-order valence-corrected chi connectivity index (χ3v) is 2.96. The average molecular weight is 258 g/mol. The molecular weight excluding hydrogens is 240 g/mol. The number of hydrogen-bond acceptors (Lipinski definition) is 3. The summed E-state index contributed by atoms with van der Waals surface area (Å²) >= 11 is 0. The molecule has 1 aromatic heterocycles. The number of aryl methyl sites for hydroxylation is 2. The van der Waals surface area contributed by atoms with E-state index >= 15 is 0 Å². The number of methoxy groups -OCH3 is 1. The normalized spacial score (nSPS) is 10.3. The Morgan fingerprint density at radius 3 is 2.79 bits per heavy atom. The highest BCUT2D eigenvalue weighted by atomic mass is 16.5. The Bertz CT molecular complexity index is 588. The number of nitrogens with zero attached hydrogens (tertiary/aromatic N) is 1. The van der Waals surface area contributed by atoms with Crippen molar-refractivity contribution in [3.63, 3.8) is 0 Å². The first-order valence-corrected chi connectivity index (χ1v) is 6.14. The van der Waals surface area contributed by atoms with Crippen LogP contribution in [0.1, 0.15) is 21.5 Å². The summed E-state index contributed by atoms with van der Waals surface area (Å²) < 4.78 is 6.80. The van der Waals surface area contributed by atoms with Crippen molar-refractivity contribution in [2.75, 3.05) is 12.4 Å². The molecule has 1 N–H and O–H groups in total. The van der Waals surface area contributed by atoms with Crippen molar-refractivity contribution < 1.29 is 9.53 Å². The van der Waals surface area contributed by atoms with Crippen molar-refractivity contribution in [2.45, 2.75) is 13.5 Å². The fraction of sp³-hybridized carbons (Fsp3) is 0.267. The number of ether oxygens (including phenoxy) is 1. The fourth-order valence-corrected chi connectivity index (χ4v) is 1.95. The monoisotopic (exact) mass is 258 g/mol. The molecule has 0 saturated carbocycles. The molecule has 2 aromatic rings. The van der Waals surface area contributed by atoms with Crippen LogP contribution in [0.3, 0.4) is 0 Å². The Hall–Kier alpha value is -2.23. The molecule has 0 amide bonds. The van der Waals surface area contributed by atoms with Gasteiger partial charge in [-0.05, 0) is 30.7 Å². The second-order valence-corrected chi connectivity index (χ2v) is 4.58. The number of carbonyl (C=O) groups is 1. The zero-order valence-corrected chi connectivity index (χ0v) is 11.4. The second-order valence-electron chi connectivity index (χ2n) is 4.58. The second kappa shape index (κ2) is 5.61. The third kappa shape index (κ3) is 3.16. The predicted molar refractivity (Wildman–Crippen MR) is 75.3 cm³/mol. The van der Waals surface area contributed by atoms with Gasteiger partial charge in [0.15, 0.2) is 0 Å². The van der Waals surface area contributed by atoms with Gasteiger partial charge in [-0.15, -0.1) is 0 Å². The van der Waals surface area contributed by atoms with Gasteiger partial charge in [-0.25, -0.2) is 4.79 Å². The molecule has 100 valence electrons. The Morgan fingerprint density at radius 2 is 2.16 bits per heavy atom. The number of carbonyl (C=O) groups excluding carboxylic acids is 1. The lowest BCUT2D eigenvalue weighted by Gasteiger charge is -2.11. The van der Waals surface area contributed by atoms with Crippen molar-refractivity contribution in [1.82, 2.24) is 4.57 Å². The molecule has 0 spiro atoms. The lowest BCUT2D eigenvalue weighted by Crippen LogP contribution is -2.08. The molecule has 0 radical (unpaired) electrons. The van der Waals surface area contributed by atoms with Gasteiger partial charge in [-0.1, -0.05) is 11.6 Å². The van der Waals surface area contributed by atoms with Crippen LogP contribution in [0.5, 0.6) is 0 Å². The molecule has 1 heterocycles. The van der Waals surface area contributed by atoms with Crippen molar-refractivity contribution in [3.8, 4) is 0 Å². The summed E-state index contributed by atoms with van der Waals surface area (Å²) in [6.45, 7) is 2.63. The molecule has 2 rings (SSSR count). The van der Waals surface area contributed by atoms with E-state index in [2.05, 4.69) is 5.32 Å². The van der Waals surface area contributed by atoms with Crippen LogP contribution < -0.4 is 5.32 Å². The van der Waals surface area contributed by atoms with E-state index in [0.717, 1.165) is 11.3 Å². The largest absolute Gasteiger partial charge is 0.465 e. The van der Waals surface area contributed by atoms with Crippen molar-refractivity contribution in [3.05, 3.63) is 53.3 Å². The van der Waals surface area contributed by atoms with Crippen LogP contribution in [0.25, 0.3) is 0 Å². The molecule has 0 bridgehead atoms. The fourth-order valence-electron chi connectivity index (χ4n) is 1.95. The maximum atomic E-state index is 11.7. The first kappa shape index (κ1) is 13.2. The van der Waals surface area contributed by atoms with Gasteiger partial charge < -0.3 is 14.6 Å². The molecular formula is C15H18N2O2. The van der Waals surface area contributed by atoms with E-state index in [1.807, 2.05) is 55.2 Å².